The molecule has 1 heterocycles. The van der Waals surface area contributed by atoms with Crippen LogP contribution in [-0.4, -0.2) is 17.6 Å². The Morgan fingerprint density at radius 2 is 2.16 bits per heavy atom. The van der Waals surface area contributed by atoms with Gasteiger partial charge in [0.1, 0.15) is 5.03 Å². The molecule has 1 aromatic carbocycles. The zero-order valence-electron chi connectivity index (χ0n) is 10.9. The smallest absolute Gasteiger partial charge is 0.340 e. The molecule has 4 heteroatoms. The second-order valence-electron chi connectivity index (χ2n) is 4.00. The minimum Gasteiger partial charge on any atom is -0.462 e. The highest BCUT2D eigenvalue weighted by Gasteiger charge is 2.14. The van der Waals surface area contributed by atoms with Crippen LogP contribution < -0.4 is 0 Å². The summed E-state index contributed by atoms with van der Waals surface area (Å²) in [4.78, 5) is 17.2. The van der Waals surface area contributed by atoms with Crippen molar-refractivity contribution in [2.24, 2.45) is 0 Å². The first-order valence-electron chi connectivity index (χ1n) is 6.07. The molecule has 0 amide bonds. The molecule has 0 bridgehead atoms. The van der Waals surface area contributed by atoms with Gasteiger partial charge in [-0.05, 0) is 38.1 Å². The van der Waals surface area contributed by atoms with E-state index >= 15 is 0 Å². The van der Waals surface area contributed by atoms with Crippen LogP contribution in [-0.2, 0) is 4.74 Å². The van der Waals surface area contributed by atoms with Gasteiger partial charge < -0.3 is 4.74 Å². The van der Waals surface area contributed by atoms with Gasteiger partial charge in [-0.25, -0.2) is 9.78 Å². The summed E-state index contributed by atoms with van der Waals surface area (Å²) in [5.41, 5.74) is 1.69. The summed E-state index contributed by atoms with van der Waals surface area (Å²) >= 11 is 1.47. The van der Waals surface area contributed by atoms with Crippen molar-refractivity contribution in [3.8, 4) is 0 Å². The summed E-state index contributed by atoms with van der Waals surface area (Å²) in [5, 5.41) is 0.673. The fourth-order valence-corrected chi connectivity index (χ4v) is 2.62. The van der Waals surface area contributed by atoms with Gasteiger partial charge in [-0.15, -0.1) is 0 Å². The molecule has 0 atom stereocenters. The maximum absolute atomic E-state index is 11.8. The van der Waals surface area contributed by atoms with Gasteiger partial charge in [-0.1, -0.05) is 29.5 Å². The number of benzene rings is 1. The molecule has 2 aromatic rings. The lowest BCUT2D eigenvalue weighted by Gasteiger charge is -2.07. The normalized spacial score (nSPS) is 10.2. The first-order valence-corrected chi connectivity index (χ1v) is 6.89. The Kier molecular flexibility index (Phi) is 4.58. The van der Waals surface area contributed by atoms with Crippen LogP contribution >= 0.6 is 11.8 Å². The molecule has 3 nitrogen and oxygen atoms in total. The Hall–Kier alpha value is -1.81. The molecule has 0 saturated heterocycles. The predicted molar refractivity (Wildman–Crippen MR) is 75.5 cm³/mol. The topological polar surface area (TPSA) is 39.2 Å². The number of aromatic nitrogens is 1. The van der Waals surface area contributed by atoms with Gasteiger partial charge in [-0.2, -0.15) is 0 Å². The number of nitrogens with zero attached hydrogens (tertiary/aromatic N) is 1. The van der Waals surface area contributed by atoms with Crippen molar-refractivity contribution in [2.75, 3.05) is 6.61 Å². The number of carbonyl (C=O) groups is 1. The van der Waals surface area contributed by atoms with E-state index in [1.54, 1.807) is 25.3 Å². The molecule has 0 aliphatic carbocycles. The van der Waals surface area contributed by atoms with Crippen LogP contribution in [0.4, 0.5) is 0 Å². The molecule has 0 radical (unpaired) electrons. The van der Waals surface area contributed by atoms with E-state index in [1.807, 2.05) is 25.1 Å². The highest BCUT2D eigenvalue weighted by atomic mass is 32.2. The van der Waals surface area contributed by atoms with E-state index in [1.165, 1.54) is 17.3 Å². The molecule has 0 spiro atoms. The molecule has 0 aliphatic rings. The number of rotatable bonds is 4. The highest BCUT2D eigenvalue weighted by molar-refractivity contribution is 7.99. The van der Waals surface area contributed by atoms with Crippen molar-refractivity contribution in [1.82, 2.24) is 4.98 Å². The third kappa shape index (κ3) is 3.58. The predicted octanol–water partition coefficient (Wildman–Crippen LogP) is 3.72. The van der Waals surface area contributed by atoms with Crippen LogP contribution in [0.15, 0.2) is 52.5 Å². The van der Waals surface area contributed by atoms with Gasteiger partial charge >= 0.3 is 5.97 Å². The number of esters is 1. The molecule has 0 unspecified atom stereocenters. The number of aryl methyl sites for hydroxylation is 1. The summed E-state index contributed by atoms with van der Waals surface area (Å²) in [7, 11) is 0. The molecule has 0 fully saturated rings. The van der Waals surface area contributed by atoms with Crippen LogP contribution in [0.5, 0.6) is 0 Å². The Balaban J connectivity index is 2.27. The Labute approximate surface area is 117 Å². The van der Waals surface area contributed by atoms with Gasteiger partial charge in [0.05, 0.1) is 12.2 Å². The minimum atomic E-state index is -0.328. The van der Waals surface area contributed by atoms with E-state index in [2.05, 4.69) is 11.1 Å². The monoisotopic (exact) mass is 273 g/mol. The summed E-state index contributed by atoms with van der Waals surface area (Å²) in [6, 6.07) is 11.6. The molecule has 2 rings (SSSR count). The summed E-state index contributed by atoms with van der Waals surface area (Å²) in [6.07, 6.45) is 1.68. The second kappa shape index (κ2) is 6.38. The van der Waals surface area contributed by atoms with Crippen molar-refractivity contribution < 1.29 is 9.53 Å². The Morgan fingerprint density at radius 1 is 1.32 bits per heavy atom. The first kappa shape index (κ1) is 13.6. The van der Waals surface area contributed by atoms with Crippen LogP contribution in [0.25, 0.3) is 0 Å². The largest absolute Gasteiger partial charge is 0.462 e. The van der Waals surface area contributed by atoms with Crippen molar-refractivity contribution >= 4 is 17.7 Å². The maximum Gasteiger partial charge on any atom is 0.340 e. The van der Waals surface area contributed by atoms with E-state index in [9.17, 15) is 4.79 Å². The lowest BCUT2D eigenvalue weighted by molar-refractivity contribution is 0.0521. The average molecular weight is 273 g/mol. The van der Waals surface area contributed by atoms with Gasteiger partial charge in [-0.3, -0.25) is 0 Å². The third-order valence-electron chi connectivity index (χ3n) is 2.47. The van der Waals surface area contributed by atoms with Crippen molar-refractivity contribution in [3.63, 3.8) is 0 Å². The summed E-state index contributed by atoms with van der Waals surface area (Å²) in [6.45, 7) is 4.19. The zero-order chi connectivity index (χ0) is 13.7. The lowest BCUT2D eigenvalue weighted by atomic mass is 10.2. The van der Waals surface area contributed by atoms with Crippen LogP contribution in [0, 0.1) is 6.92 Å². The van der Waals surface area contributed by atoms with E-state index in [4.69, 9.17) is 4.74 Å². The first-order chi connectivity index (χ1) is 9.20. The van der Waals surface area contributed by atoms with Crippen molar-refractivity contribution in [1.29, 1.82) is 0 Å². The quantitative estimate of drug-likeness (QED) is 0.796. The number of carbonyl (C=O) groups excluding carboxylic acids is 1. The summed E-state index contributed by atoms with van der Waals surface area (Å²) < 4.78 is 5.04. The number of pyridine rings is 1. The lowest BCUT2D eigenvalue weighted by Crippen LogP contribution is -2.06. The van der Waals surface area contributed by atoms with Crippen molar-refractivity contribution in [3.05, 3.63) is 53.7 Å². The van der Waals surface area contributed by atoms with Gasteiger partial charge in [0.15, 0.2) is 0 Å². The van der Waals surface area contributed by atoms with E-state index in [0.717, 1.165) is 4.90 Å². The number of ether oxygens (including phenoxy) is 1. The van der Waals surface area contributed by atoms with E-state index < -0.39 is 0 Å². The second-order valence-corrected chi connectivity index (χ2v) is 5.06. The van der Waals surface area contributed by atoms with Gasteiger partial charge in [0.2, 0.25) is 0 Å². The molecule has 98 valence electrons. The molecular formula is C15H15NO2S. The molecule has 0 aliphatic heterocycles. The Morgan fingerprint density at radius 3 is 2.89 bits per heavy atom. The fraction of sp³-hybridized carbons (Fsp3) is 0.200. The van der Waals surface area contributed by atoms with Gasteiger partial charge in [0.25, 0.3) is 0 Å². The molecular weight excluding hydrogens is 258 g/mol. The van der Waals surface area contributed by atoms with Gasteiger partial charge in [0, 0.05) is 11.1 Å². The molecule has 19 heavy (non-hydrogen) atoms. The molecule has 1 aromatic heterocycles. The van der Waals surface area contributed by atoms with E-state index in [-0.39, 0.29) is 5.97 Å². The third-order valence-corrected chi connectivity index (χ3v) is 3.48. The van der Waals surface area contributed by atoms with E-state index in [0.29, 0.717) is 17.2 Å². The Bertz CT molecular complexity index is 584. The number of hydrogen-bond donors (Lipinski definition) is 0. The zero-order valence-corrected chi connectivity index (χ0v) is 11.7. The fourth-order valence-electron chi connectivity index (χ4n) is 1.63. The summed E-state index contributed by atoms with van der Waals surface area (Å²) in [5.74, 6) is -0.328. The minimum absolute atomic E-state index is 0.328. The number of hydrogen-bond acceptors (Lipinski definition) is 4. The van der Waals surface area contributed by atoms with Crippen molar-refractivity contribution in [2.45, 2.75) is 23.8 Å². The van der Waals surface area contributed by atoms with Crippen LogP contribution in [0.3, 0.4) is 0 Å². The molecule has 0 saturated carbocycles. The highest BCUT2D eigenvalue weighted by Crippen LogP contribution is 2.29. The molecule has 0 N–H and O–H groups in total. The maximum atomic E-state index is 11.8. The average Bonchev–Trinajstić information content (AvgIpc) is 2.39. The van der Waals surface area contributed by atoms with Crippen LogP contribution in [0.1, 0.15) is 22.8 Å². The SMILES string of the molecule is CCOC(=O)c1cccnc1Sc1cccc(C)c1. The van der Waals surface area contributed by atoms with Crippen LogP contribution in [0.2, 0.25) is 0 Å². The standard InChI is InChI=1S/C15H15NO2S/c1-3-18-15(17)13-8-5-9-16-14(13)19-12-7-4-6-11(2)10-12/h4-10H,3H2,1-2H3.